The van der Waals surface area contributed by atoms with Gasteiger partial charge in [-0.05, 0) is 93.6 Å². The van der Waals surface area contributed by atoms with Gasteiger partial charge in [0, 0.05) is 34.7 Å². The van der Waals surface area contributed by atoms with Crippen LogP contribution in [-0.2, 0) is 4.79 Å². The van der Waals surface area contributed by atoms with Gasteiger partial charge in [-0.3, -0.25) is 9.97 Å². The average Bonchev–Trinajstić information content (AvgIpc) is 3.22. The maximum Gasteiger partial charge on any atom is 0.341 e. The number of aliphatic carboxylic acids is 1. The highest BCUT2D eigenvalue weighted by Gasteiger charge is 2.53. The van der Waals surface area contributed by atoms with Crippen LogP contribution in [0.5, 0.6) is 0 Å². The van der Waals surface area contributed by atoms with Gasteiger partial charge in [0.1, 0.15) is 5.76 Å². The van der Waals surface area contributed by atoms with Crippen molar-refractivity contribution in [2.45, 2.75) is 11.5 Å². The number of aromatic nitrogens is 2. The Kier molecular flexibility index (Phi) is 8.80. The lowest BCUT2D eigenvalue weighted by Crippen LogP contribution is -2.48. The number of aliphatic hydroxyl groups excluding tert-OH is 1. The highest BCUT2D eigenvalue weighted by molar-refractivity contribution is 6.04. The molecule has 0 saturated carbocycles. The van der Waals surface area contributed by atoms with E-state index in [1.54, 1.807) is 24.5 Å². The number of carboxylic acid groups (broad SMARTS) is 1. The number of pyridine rings is 2. The second-order valence-corrected chi connectivity index (χ2v) is 13.0. The van der Waals surface area contributed by atoms with E-state index in [1.165, 1.54) is 0 Å². The number of carbonyl (C=O) groups is 1. The molecule has 2 aromatic heterocycles. The van der Waals surface area contributed by atoms with Crippen molar-refractivity contribution in [3.05, 3.63) is 205 Å². The lowest BCUT2D eigenvalue weighted by atomic mass is 9.68. The zero-order valence-electron chi connectivity index (χ0n) is 28.5. The van der Waals surface area contributed by atoms with Crippen molar-refractivity contribution < 1.29 is 20.1 Å². The molecular weight excluding hydrogens is 657 g/mol. The van der Waals surface area contributed by atoms with Crippen LogP contribution in [0.25, 0.3) is 55.9 Å². The average molecular weight is 691 g/mol. The molecule has 3 N–H and O–H groups in total. The first-order chi connectivity index (χ1) is 25.9. The molecule has 0 amide bonds. The Balaban J connectivity index is 1.40. The summed E-state index contributed by atoms with van der Waals surface area (Å²) in [6.45, 7) is 0. The molecule has 6 heteroatoms. The van der Waals surface area contributed by atoms with E-state index in [-0.39, 0.29) is 11.3 Å². The van der Waals surface area contributed by atoms with Crippen LogP contribution in [0.1, 0.15) is 22.6 Å². The van der Waals surface area contributed by atoms with Gasteiger partial charge in [0.2, 0.25) is 5.60 Å². The summed E-state index contributed by atoms with van der Waals surface area (Å²) in [7, 11) is 0. The Morgan fingerprint density at radius 3 is 1.53 bits per heavy atom. The first-order valence-corrected chi connectivity index (χ1v) is 17.3. The molecule has 0 spiro atoms. The standard InChI is InChI=1S/C47H34N2O4/c50-45-40(35-19-11-17-33(25-35)31-13-3-1-4-14-31)30-41(37-27-38(42-21-7-9-23-48-42)29-39(28-37)43-22-8-10-24-49-43)47(53,46(51)52)44(45)36-20-12-18-34(26-36)32-15-5-2-6-16-32/h1-30,44,50,53H,(H,51,52). The zero-order chi connectivity index (χ0) is 36.4. The van der Waals surface area contributed by atoms with Crippen molar-refractivity contribution in [2.75, 3.05) is 0 Å². The second kappa shape index (κ2) is 14.0. The van der Waals surface area contributed by atoms with Gasteiger partial charge in [-0.2, -0.15) is 0 Å². The number of hydrogen-bond acceptors (Lipinski definition) is 5. The van der Waals surface area contributed by atoms with Crippen LogP contribution in [-0.4, -0.2) is 36.9 Å². The van der Waals surface area contributed by atoms with Gasteiger partial charge in [-0.25, -0.2) is 4.79 Å². The summed E-state index contributed by atoms with van der Waals surface area (Å²) in [5, 5.41) is 36.3. The summed E-state index contributed by atoms with van der Waals surface area (Å²) in [6, 6.07) is 51.6. The zero-order valence-corrected chi connectivity index (χ0v) is 28.5. The summed E-state index contributed by atoms with van der Waals surface area (Å²) in [4.78, 5) is 22.9. The monoisotopic (exact) mass is 690 g/mol. The molecule has 0 aliphatic heterocycles. The molecule has 0 radical (unpaired) electrons. The molecule has 2 unspecified atom stereocenters. The molecule has 2 heterocycles. The molecule has 2 atom stereocenters. The smallest absolute Gasteiger partial charge is 0.341 e. The molecule has 1 aliphatic rings. The van der Waals surface area contributed by atoms with Gasteiger partial charge in [0.15, 0.2) is 0 Å². The molecule has 53 heavy (non-hydrogen) atoms. The molecule has 8 rings (SSSR count). The highest BCUT2D eigenvalue weighted by Crippen LogP contribution is 2.51. The van der Waals surface area contributed by atoms with E-state index < -0.39 is 17.5 Å². The Morgan fingerprint density at radius 1 is 0.509 bits per heavy atom. The largest absolute Gasteiger partial charge is 0.511 e. The summed E-state index contributed by atoms with van der Waals surface area (Å²) in [5.41, 5.74) is 5.92. The normalized spacial score (nSPS) is 16.9. The maximum atomic E-state index is 13.7. The summed E-state index contributed by atoms with van der Waals surface area (Å²) in [5.74, 6) is -3.12. The number of allylic oxidation sites excluding steroid dienone is 2. The number of rotatable bonds is 8. The predicted octanol–water partition coefficient (Wildman–Crippen LogP) is 10.1. The topological polar surface area (TPSA) is 104 Å². The lowest BCUT2D eigenvalue weighted by molar-refractivity contribution is -0.154. The van der Waals surface area contributed by atoms with Gasteiger partial charge < -0.3 is 15.3 Å². The predicted molar refractivity (Wildman–Crippen MR) is 210 cm³/mol. The Hall–Kier alpha value is -6.89. The second-order valence-electron chi connectivity index (χ2n) is 13.0. The first kappa shape index (κ1) is 33.3. The fraction of sp³-hybridized carbons (Fsp3) is 0.0426. The number of hydrogen-bond donors (Lipinski definition) is 3. The van der Waals surface area contributed by atoms with Crippen molar-refractivity contribution >= 4 is 17.1 Å². The molecule has 0 saturated heterocycles. The number of aliphatic hydroxyl groups is 2. The van der Waals surface area contributed by atoms with E-state index in [0.29, 0.717) is 44.8 Å². The first-order valence-electron chi connectivity index (χ1n) is 17.3. The third-order valence-electron chi connectivity index (χ3n) is 9.77. The van der Waals surface area contributed by atoms with Crippen molar-refractivity contribution in [3.8, 4) is 44.8 Å². The molecule has 1 aliphatic carbocycles. The highest BCUT2D eigenvalue weighted by atomic mass is 16.4. The molecule has 5 aromatic carbocycles. The number of nitrogens with zero attached hydrogens (tertiary/aromatic N) is 2. The van der Waals surface area contributed by atoms with E-state index in [4.69, 9.17) is 0 Å². The summed E-state index contributed by atoms with van der Waals surface area (Å²) >= 11 is 0. The van der Waals surface area contributed by atoms with Gasteiger partial charge >= 0.3 is 5.97 Å². The van der Waals surface area contributed by atoms with Crippen molar-refractivity contribution in [3.63, 3.8) is 0 Å². The van der Waals surface area contributed by atoms with Gasteiger partial charge in [0.25, 0.3) is 0 Å². The SMILES string of the molecule is O=C(O)C1(O)C(c2cc(-c3ccccn3)cc(-c3ccccn3)c2)=CC(c2cccc(-c3ccccc3)c2)=C(O)C1c1cccc(-c2ccccc2)c1. The Morgan fingerprint density at radius 2 is 0.981 bits per heavy atom. The van der Waals surface area contributed by atoms with Gasteiger partial charge in [-0.1, -0.05) is 115 Å². The molecule has 6 nitrogen and oxygen atoms in total. The van der Waals surface area contributed by atoms with E-state index in [0.717, 1.165) is 22.3 Å². The quantitative estimate of drug-likeness (QED) is 0.147. The van der Waals surface area contributed by atoms with Crippen LogP contribution in [0.3, 0.4) is 0 Å². The van der Waals surface area contributed by atoms with Crippen LogP contribution in [0, 0.1) is 0 Å². The van der Waals surface area contributed by atoms with E-state index >= 15 is 0 Å². The number of benzene rings is 5. The van der Waals surface area contributed by atoms with Gasteiger partial charge in [-0.15, -0.1) is 0 Å². The molecule has 0 bridgehead atoms. The third kappa shape index (κ3) is 6.33. The number of carboxylic acids is 1. The molecule has 256 valence electrons. The minimum absolute atomic E-state index is 0.119. The molecular formula is C47H34N2O4. The fourth-order valence-corrected chi connectivity index (χ4v) is 7.18. The van der Waals surface area contributed by atoms with Crippen LogP contribution in [0.4, 0.5) is 0 Å². The lowest BCUT2D eigenvalue weighted by Gasteiger charge is -2.39. The van der Waals surface area contributed by atoms with Crippen LogP contribution in [0.15, 0.2) is 188 Å². The fourth-order valence-electron chi connectivity index (χ4n) is 7.18. The Labute approximate surface area is 307 Å². The molecule has 0 fully saturated rings. The maximum absolute atomic E-state index is 13.7. The molecule has 7 aromatic rings. The Bertz CT molecular complexity index is 2440. The van der Waals surface area contributed by atoms with E-state index in [1.807, 2.05) is 158 Å². The van der Waals surface area contributed by atoms with E-state index in [2.05, 4.69) is 9.97 Å². The van der Waals surface area contributed by atoms with Crippen LogP contribution < -0.4 is 0 Å². The van der Waals surface area contributed by atoms with Crippen molar-refractivity contribution in [1.82, 2.24) is 9.97 Å². The third-order valence-corrected chi connectivity index (χ3v) is 9.77. The van der Waals surface area contributed by atoms with Crippen molar-refractivity contribution in [1.29, 1.82) is 0 Å². The minimum Gasteiger partial charge on any atom is -0.511 e. The minimum atomic E-state index is -2.59. The van der Waals surface area contributed by atoms with Crippen molar-refractivity contribution in [2.24, 2.45) is 0 Å². The summed E-state index contributed by atoms with van der Waals surface area (Å²) < 4.78 is 0. The van der Waals surface area contributed by atoms with E-state index in [9.17, 15) is 20.1 Å². The summed E-state index contributed by atoms with van der Waals surface area (Å²) in [6.07, 6.45) is 5.01. The van der Waals surface area contributed by atoms with Crippen LogP contribution >= 0.6 is 0 Å². The van der Waals surface area contributed by atoms with Gasteiger partial charge in [0.05, 0.1) is 17.3 Å². The van der Waals surface area contributed by atoms with Crippen LogP contribution in [0.2, 0.25) is 0 Å².